The van der Waals surface area contributed by atoms with Crippen molar-refractivity contribution in [2.24, 2.45) is 0 Å². The molecule has 0 spiro atoms. The van der Waals surface area contributed by atoms with Gasteiger partial charge < -0.3 is 14.4 Å². The molecule has 2 heterocycles. The van der Waals surface area contributed by atoms with E-state index in [0.717, 1.165) is 24.9 Å². The lowest BCUT2D eigenvalue weighted by Gasteiger charge is -2.25. The molecule has 0 aliphatic carbocycles. The maximum absolute atomic E-state index is 13.3. The lowest BCUT2D eigenvalue weighted by atomic mass is 10.0. The Kier molecular flexibility index (Phi) is 6.28. The van der Waals surface area contributed by atoms with Crippen LogP contribution in [0.2, 0.25) is 0 Å². The van der Waals surface area contributed by atoms with Crippen LogP contribution < -0.4 is 9.47 Å². The summed E-state index contributed by atoms with van der Waals surface area (Å²) in [6.45, 7) is 3.58. The largest absolute Gasteiger partial charge is 0.490 e. The Bertz CT molecular complexity index is 976. The molecule has 0 saturated carbocycles. The van der Waals surface area contributed by atoms with Crippen molar-refractivity contribution in [2.75, 3.05) is 13.2 Å². The number of hydrogen-bond donors (Lipinski definition) is 0. The smallest absolute Gasteiger partial charge is 0.254 e. The maximum Gasteiger partial charge on any atom is 0.254 e. The molecule has 1 atom stereocenters. The van der Waals surface area contributed by atoms with E-state index in [1.807, 2.05) is 54.3 Å². The molecule has 4 rings (SSSR count). The third kappa shape index (κ3) is 4.46. The molecule has 1 aliphatic heterocycles. The Morgan fingerprint density at radius 1 is 1.07 bits per heavy atom. The second-order valence-electron chi connectivity index (χ2n) is 7.31. The fraction of sp³-hybridized carbons (Fsp3) is 0.280. The summed E-state index contributed by atoms with van der Waals surface area (Å²) in [5.74, 6) is 1.24. The molecular formula is C25H26N2O3. The summed E-state index contributed by atoms with van der Waals surface area (Å²) in [6.07, 6.45) is 5.50. The molecule has 0 radical (unpaired) electrons. The van der Waals surface area contributed by atoms with Gasteiger partial charge in [-0.15, -0.1) is 0 Å². The number of likely N-dealkylation sites (tertiary alicyclic amines) is 1. The Hall–Kier alpha value is -3.34. The van der Waals surface area contributed by atoms with Gasteiger partial charge in [0.2, 0.25) is 0 Å². The second-order valence-corrected chi connectivity index (χ2v) is 7.31. The fourth-order valence-electron chi connectivity index (χ4n) is 3.87. The van der Waals surface area contributed by atoms with Crippen LogP contribution in [-0.4, -0.2) is 28.9 Å². The minimum Gasteiger partial charge on any atom is -0.490 e. The van der Waals surface area contributed by atoms with Gasteiger partial charge in [-0.3, -0.25) is 9.78 Å². The summed E-state index contributed by atoms with van der Waals surface area (Å²) in [7, 11) is 0. The van der Waals surface area contributed by atoms with E-state index in [-0.39, 0.29) is 11.9 Å². The number of amides is 1. The number of hydrogen-bond acceptors (Lipinski definition) is 4. The van der Waals surface area contributed by atoms with Gasteiger partial charge in [-0.2, -0.15) is 0 Å². The summed E-state index contributed by atoms with van der Waals surface area (Å²) in [5, 5.41) is 0. The average Bonchev–Trinajstić information content (AvgIpc) is 3.29. The Balaban J connectivity index is 1.53. The van der Waals surface area contributed by atoms with Crippen LogP contribution in [0.3, 0.4) is 0 Å². The number of benzene rings is 2. The topological polar surface area (TPSA) is 51.7 Å². The van der Waals surface area contributed by atoms with Crippen molar-refractivity contribution >= 4 is 5.91 Å². The highest BCUT2D eigenvalue weighted by Crippen LogP contribution is 2.35. The van der Waals surface area contributed by atoms with Crippen LogP contribution in [0, 0.1) is 0 Å². The van der Waals surface area contributed by atoms with Gasteiger partial charge >= 0.3 is 0 Å². The first-order valence-electron chi connectivity index (χ1n) is 10.4. The highest BCUT2D eigenvalue weighted by atomic mass is 16.5. The van der Waals surface area contributed by atoms with Crippen LogP contribution >= 0.6 is 0 Å². The van der Waals surface area contributed by atoms with Gasteiger partial charge in [0.1, 0.15) is 6.61 Å². The molecule has 154 valence electrons. The molecule has 5 nitrogen and oxygen atoms in total. The van der Waals surface area contributed by atoms with E-state index in [2.05, 4.69) is 17.1 Å². The van der Waals surface area contributed by atoms with E-state index in [1.54, 1.807) is 18.5 Å². The zero-order chi connectivity index (χ0) is 20.8. The number of ether oxygens (including phenoxy) is 2. The van der Waals surface area contributed by atoms with E-state index in [9.17, 15) is 4.79 Å². The van der Waals surface area contributed by atoms with Crippen molar-refractivity contribution in [1.82, 2.24) is 9.88 Å². The van der Waals surface area contributed by atoms with E-state index < -0.39 is 0 Å². The minimum absolute atomic E-state index is 0.0288. The molecule has 2 aromatic carbocycles. The average molecular weight is 402 g/mol. The lowest BCUT2D eigenvalue weighted by molar-refractivity contribution is 0.0735. The van der Waals surface area contributed by atoms with Crippen molar-refractivity contribution < 1.29 is 14.3 Å². The van der Waals surface area contributed by atoms with Crippen LogP contribution in [0.1, 0.15) is 47.3 Å². The van der Waals surface area contributed by atoms with Crippen molar-refractivity contribution in [1.29, 1.82) is 0 Å². The normalized spacial score (nSPS) is 15.8. The van der Waals surface area contributed by atoms with Gasteiger partial charge in [0.05, 0.1) is 12.6 Å². The molecular weight excluding hydrogens is 376 g/mol. The third-order valence-electron chi connectivity index (χ3n) is 5.31. The zero-order valence-electron chi connectivity index (χ0n) is 17.2. The molecule has 0 unspecified atom stereocenters. The zero-order valence-corrected chi connectivity index (χ0v) is 17.2. The summed E-state index contributed by atoms with van der Waals surface area (Å²) in [4.78, 5) is 19.4. The van der Waals surface area contributed by atoms with Crippen LogP contribution in [-0.2, 0) is 6.61 Å². The molecule has 1 saturated heterocycles. The van der Waals surface area contributed by atoms with Gasteiger partial charge in [-0.05, 0) is 49.6 Å². The van der Waals surface area contributed by atoms with Gasteiger partial charge in [0, 0.05) is 30.1 Å². The minimum atomic E-state index is 0.0288. The highest BCUT2D eigenvalue weighted by Gasteiger charge is 2.30. The lowest BCUT2D eigenvalue weighted by Crippen LogP contribution is -2.30. The number of rotatable bonds is 7. The van der Waals surface area contributed by atoms with E-state index in [0.29, 0.717) is 30.3 Å². The van der Waals surface area contributed by atoms with Gasteiger partial charge in [0.15, 0.2) is 11.5 Å². The maximum atomic E-state index is 13.3. The standard InChI is InChI=1S/C25H26N2O3/c1-2-29-24-16-21(12-13-23(24)30-18-19-8-6-14-26-17-19)25(28)27-15-7-11-22(27)20-9-4-3-5-10-20/h3-6,8-10,12-14,16-17,22H,2,7,11,15,18H2,1H3/t22-/m1/s1. The number of carbonyl (C=O) groups is 1. The predicted octanol–water partition coefficient (Wildman–Crippen LogP) is 5.04. The first-order chi connectivity index (χ1) is 14.8. The first kappa shape index (κ1) is 20.0. The molecule has 1 fully saturated rings. The van der Waals surface area contributed by atoms with E-state index in [4.69, 9.17) is 9.47 Å². The molecule has 1 amide bonds. The van der Waals surface area contributed by atoms with Gasteiger partial charge in [-0.1, -0.05) is 36.4 Å². The van der Waals surface area contributed by atoms with Crippen LogP contribution in [0.15, 0.2) is 73.1 Å². The highest BCUT2D eigenvalue weighted by molar-refractivity contribution is 5.95. The Morgan fingerprint density at radius 2 is 1.93 bits per heavy atom. The monoisotopic (exact) mass is 402 g/mol. The number of carbonyl (C=O) groups excluding carboxylic acids is 1. The molecule has 3 aromatic rings. The summed E-state index contributed by atoms with van der Waals surface area (Å²) < 4.78 is 11.7. The molecule has 0 bridgehead atoms. The van der Waals surface area contributed by atoms with Crippen LogP contribution in [0.25, 0.3) is 0 Å². The number of aromatic nitrogens is 1. The molecule has 5 heteroatoms. The van der Waals surface area contributed by atoms with Crippen molar-refractivity contribution in [3.63, 3.8) is 0 Å². The molecule has 1 aromatic heterocycles. The Morgan fingerprint density at radius 3 is 2.70 bits per heavy atom. The van der Waals surface area contributed by atoms with E-state index in [1.165, 1.54) is 5.56 Å². The summed E-state index contributed by atoms with van der Waals surface area (Å²) >= 11 is 0. The van der Waals surface area contributed by atoms with Crippen LogP contribution in [0.5, 0.6) is 11.5 Å². The third-order valence-corrected chi connectivity index (χ3v) is 5.31. The summed E-state index contributed by atoms with van der Waals surface area (Å²) in [5.41, 5.74) is 2.78. The quantitative estimate of drug-likeness (QED) is 0.556. The Labute approximate surface area is 177 Å². The fourth-order valence-corrected chi connectivity index (χ4v) is 3.87. The van der Waals surface area contributed by atoms with Gasteiger partial charge in [0.25, 0.3) is 5.91 Å². The molecule has 1 aliphatic rings. The van der Waals surface area contributed by atoms with E-state index >= 15 is 0 Å². The summed E-state index contributed by atoms with van der Waals surface area (Å²) in [6, 6.07) is 19.6. The predicted molar refractivity (Wildman–Crippen MR) is 116 cm³/mol. The number of pyridine rings is 1. The number of nitrogens with zero attached hydrogens (tertiary/aromatic N) is 2. The second kappa shape index (κ2) is 9.44. The first-order valence-corrected chi connectivity index (χ1v) is 10.4. The van der Waals surface area contributed by atoms with Crippen LogP contribution in [0.4, 0.5) is 0 Å². The SMILES string of the molecule is CCOc1cc(C(=O)N2CCC[C@@H]2c2ccccc2)ccc1OCc1cccnc1. The molecule has 30 heavy (non-hydrogen) atoms. The van der Waals surface area contributed by atoms with Crippen molar-refractivity contribution in [3.8, 4) is 11.5 Å². The van der Waals surface area contributed by atoms with Crippen molar-refractivity contribution in [3.05, 3.63) is 89.7 Å². The molecule has 0 N–H and O–H groups in total. The van der Waals surface area contributed by atoms with Gasteiger partial charge in [-0.25, -0.2) is 0 Å². The van der Waals surface area contributed by atoms with Crippen molar-refractivity contribution in [2.45, 2.75) is 32.4 Å².